The molecule has 2 N–H and O–H groups in total. The molecule has 2 aliphatic heterocycles. The highest BCUT2D eigenvalue weighted by Crippen LogP contribution is 2.34. The van der Waals surface area contributed by atoms with Crippen LogP contribution in [0.5, 0.6) is 5.75 Å². The highest BCUT2D eigenvalue weighted by atomic mass is 19.3. The molecule has 2 saturated heterocycles. The summed E-state index contributed by atoms with van der Waals surface area (Å²) in [5.41, 5.74) is -0.856. The number of piperidine rings is 1. The van der Waals surface area contributed by atoms with E-state index in [0.717, 1.165) is 25.1 Å². The van der Waals surface area contributed by atoms with Gasteiger partial charge in [0, 0.05) is 24.5 Å². The fourth-order valence-electron chi connectivity index (χ4n) is 4.59. The van der Waals surface area contributed by atoms with Gasteiger partial charge in [-0.1, -0.05) is 0 Å². The molecular formula is C20H20F3N7O2. The Balaban J connectivity index is 1.44. The van der Waals surface area contributed by atoms with E-state index in [9.17, 15) is 23.1 Å². The third kappa shape index (κ3) is 3.34. The molecule has 168 valence electrons. The van der Waals surface area contributed by atoms with Gasteiger partial charge in [0.15, 0.2) is 11.6 Å². The van der Waals surface area contributed by atoms with Gasteiger partial charge in [-0.25, -0.2) is 9.37 Å². The molecule has 0 saturated carbocycles. The van der Waals surface area contributed by atoms with Crippen LogP contribution in [0.3, 0.4) is 0 Å². The average molecular weight is 447 g/mol. The van der Waals surface area contributed by atoms with Gasteiger partial charge in [0.25, 0.3) is 5.56 Å². The first kappa shape index (κ1) is 20.6. The number of alkyl halides is 3. The zero-order valence-corrected chi connectivity index (χ0v) is 17.0. The summed E-state index contributed by atoms with van der Waals surface area (Å²) in [6, 6.07) is 2.26. The van der Waals surface area contributed by atoms with Crippen molar-refractivity contribution in [3.8, 4) is 17.1 Å². The molecule has 2 fully saturated rings. The van der Waals surface area contributed by atoms with E-state index in [0.29, 0.717) is 12.2 Å². The third-order valence-electron chi connectivity index (χ3n) is 6.32. The van der Waals surface area contributed by atoms with Crippen LogP contribution in [0, 0.1) is 0 Å². The second kappa shape index (κ2) is 7.69. The molecule has 2 aliphatic rings. The van der Waals surface area contributed by atoms with Crippen LogP contribution in [-0.4, -0.2) is 61.4 Å². The predicted molar refractivity (Wildman–Crippen MR) is 109 cm³/mol. The fourth-order valence-corrected chi connectivity index (χ4v) is 4.59. The van der Waals surface area contributed by atoms with Crippen molar-refractivity contribution in [3.63, 3.8) is 0 Å². The van der Waals surface area contributed by atoms with Gasteiger partial charge in [0.1, 0.15) is 11.9 Å². The van der Waals surface area contributed by atoms with E-state index in [2.05, 4.69) is 25.6 Å². The van der Waals surface area contributed by atoms with Crippen LogP contribution in [-0.2, 0) is 0 Å². The zero-order chi connectivity index (χ0) is 22.6. The van der Waals surface area contributed by atoms with Gasteiger partial charge in [-0.15, -0.1) is 10.2 Å². The molecular weight excluding hydrogens is 427 g/mol. The van der Waals surface area contributed by atoms with E-state index in [1.807, 2.05) is 0 Å². The molecule has 2 aromatic heterocycles. The van der Waals surface area contributed by atoms with E-state index >= 15 is 0 Å². The van der Waals surface area contributed by atoms with Gasteiger partial charge < -0.3 is 15.3 Å². The number of aromatic hydroxyl groups is 1. The van der Waals surface area contributed by atoms with Crippen molar-refractivity contribution in [2.45, 2.75) is 50.1 Å². The minimum Gasteiger partial charge on any atom is -0.507 e. The summed E-state index contributed by atoms with van der Waals surface area (Å²) in [6.45, 7) is -3.09. The van der Waals surface area contributed by atoms with Crippen molar-refractivity contribution in [3.05, 3.63) is 34.9 Å². The van der Waals surface area contributed by atoms with E-state index < -0.39 is 18.3 Å². The van der Waals surface area contributed by atoms with Crippen LogP contribution in [0.4, 0.5) is 19.0 Å². The van der Waals surface area contributed by atoms with Gasteiger partial charge >= 0.3 is 6.55 Å². The molecule has 0 aliphatic carbocycles. The number of benzene rings is 1. The smallest absolute Gasteiger partial charge is 0.336 e. The number of fused-ring (bicyclic) bond motifs is 3. The van der Waals surface area contributed by atoms with Crippen molar-refractivity contribution in [1.29, 1.82) is 0 Å². The van der Waals surface area contributed by atoms with Crippen LogP contribution >= 0.6 is 0 Å². The number of rotatable bonds is 4. The number of nitrogens with zero attached hydrogens (tertiary/aromatic N) is 6. The number of aromatic nitrogens is 5. The zero-order valence-electron chi connectivity index (χ0n) is 17.0. The van der Waals surface area contributed by atoms with Gasteiger partial charge in [-0.2, -0.15) is 18.6 Å². The minimum absolute atomic E-state index is 0.0369. The summed E-state index contributed by atoms with van der Waals surface area (Å²) in [7, 11) is 1.75. The maximum atomic E-state index is 14.8. The highest BCUT2D eigenvalue weighted by Gasteiger charge is 2.43. The lowest BCUT2D eigenvalue weighted by Gasteiger charge is -2.38. The van der Waals surface area contributed by atoms with Crippen molar-refractivity contribution < 1.29 is 18.3 Å². The normalized spacial score (nSPS) is 24.9. The van der Waals surface area contributed by atoms with Gasteiger partial charge in [0.2, 0.25) is 0 Å². The lowest BCUT2D eigenvalue weighted by Crippen LogP contribution is -2.55. The fraction of sp³-hybridized carbons (Fsp3) is 0.450. The number of phenols is 1. The Morgan fingerprint density at radius 3 is 2.78 bits per heavy atom. The summed E-state index contributed by atoms with van der Waals surface area (Å²) < 4.78 is 40.7. The summed E-state index contributed by atoms with van der Waals surface area (Å²) in [5, 5.41) is 25.4. The SMILES string of the molecule is CN(c1cnc(-c2cc3cnn(C(F)F)c(=O)c3cc2O)nn1)[C@H]1CC2CC[C@@H](N2)[C@H]1F. The van der Waals surface area contributed by atoms with Gasteiger partial charge in [-0.05, 0) is 31.4 Å². The number of halogens is 3. The van der Waals surface area contributed by atoms with Crippen molar-refractivity contribution >= 4 is 16.6 Å². The van der Waals surface area contributed by atoms with Crippen LogP contribution in [0.15, 0.2) is 29.3 Å². The molecule has 32 heavy (non-hydrogen) atoms. The Bertz CT molecular complexity index is 1220. The van der Waals surface area contributed by atoms with Crippen LogP contribution in [0.2, 0.25) is 0 Å². The number of nitrogens with one attached hydrogen (secondary N) is 1. The monoisotopic (exact) mass is 447 g/mol. The topological polar surface area (TPSA) is 109 Å². The Kier molecular flexibility index (Phi) is 4.96. The summed E-state index contributed by atoms with van der Waals surface area (Å²) >= 11 is 0. The van der Waals surface area contributed by atoms with Crippen LogP contribution in [0.25, 0.3) is 22.2 Å². The molecule has 2 bridgehead atoms. The largest absolute Gasteiger partial charge is 0.507 e. The first-order valence-electron chi connectivity index (χ1n) is 10.2. The number of hydrogen-bond donors (Lipinski definition) is 2. The highest BCUT2D eigenvalue weighted by molar-refractivity contribution is 5.88. The van der Waals surface area contributed by atoms with Crippen LogP contribution < -0.4 is 15.8 Å². The number of phenolic OH excluding ortho intramolecular Hbond substituents is 1. The Morgan fingerprint density at radius 1 is 1.25 bits per heavy atom. The van der Waals surface area contributed by atoms with Gasteiger partial charge in [0.05, 0.1) is 29.4 Å². The van der Waals surface area contributed by atoms with E-state index in [4.69, 9.17) is 0 Å². The van der Waals surface area contributed by atoms with Crippen LogP contribution in [0.1, 0.15) is 25.8 Å². The minimum atomic E-state index is -3.09. The van der Waals surface area contributed by atoms with E-state index in [-0.39, 0.29) is 50.7 Å². The Morgan fingerprint density at radius 2 is 2.06 bits per heavy atom. The predicted octanol–water partition coefficient (Wildman–Crippen LogP) is 2.02. The first-order valence-corrected chi connectivity index (χ1v) is 10.2. The molecule has 1 aromatic carbocycles. The Hall–Kier alpha value is -3.28. The molecule has 5 rings (SSSR count). The van der Waals surface area contributed by atoms with Crippen molar-refractivity contribution in [1.82, 2.24) is 30.3 Å². The maximum Gasteiger partial charge on any atom is 0.336 e. The quantitative estimate of drug-likeness (QED) is 0.625. The molecule has 9 nitrogen and oxygen atoms in total. The molecule has 1 unspecified atom stereocenters. The second-order valence-electron chi connectivity index (χ2n) is 8.17. The third-order valence-corrected chi connectivity index (χ3v) is 6.32. The summed E-state index contributed by atoms with van der Waals surface area (Å²) in [4.78, 5) is 18.1. The lowest BCUT2D eigenvalue weighted by atomic mass is 9.96. The van der Waals surface area contributed by atoms with Crippen molar-refractivity contribution in [2.75, 3.05) is 11.9 Å². The number of anilines is 1. The summed E-state index contributed by atoms with van der Waals surface area (Å²) in [6.07, 6.45) is 3.94. The maximum absolute atomic E-state index is 14.8. The van der Waals surface area contributed by atoms with Gasteiger partial charge in [-0.3, -0.25) is 4.79 Å². The first-order chi connectivity index (χ1) is 15.3. The average Bonchev–Trinajstić information content (AvgIpc) is 3.19. The van der Waals surface area contributed by atoms with E-state index in [1.54, 1.807) is 11.9 Å². The molecule has 4 heterocycles. The molecule has 0 amide bonds. The lowest BCUT2D eigenvalue weighted by molar-refractivity contribution is 0.0518. The van der Waals surface area contributed by atoms with E-state index in [1.165, 1.54) is 12.3 Å². The molecule has 0 spiro atoms. The molecule has 0 radical (unpaired) electrons. The molecule has 4 atom stereocenters. The number of hydrogen-bond acceptors (Lipinski definition) is 8. The standard InChI is InChI=1S/C20H20F3N7O2/c1-29(14-5-10-2-3-13(26-10)17(14)21)16-8-24-18(28-27-16)12-4-9-7-25-30(20(22)23)19(32)11(9)6-15(12)31/h4,6-8,10,13-14,17,20,26,31H,2-3,5H2,1H3/t10?,13-,14+,17-/m1/s1. The molecule has 12 heteroatoms. The summed E-state index contributed by atoms with van der Waals surface area (Å²) in [5.74, 6) is 0.106. The molecule has 3 aromatic rings. The Labute approximate surface area is 179 Å². The van der Waals surface area contributed by atoms with Crippen molar-refractivity contribution in [2.24, 2.45) is 0 Å². The second-order valence-corrected chi connectivity index (χ2v) is 8.17.